The fourth-order valence-corrected chi connectivity index (χ4v) is 9.45. The maximum atomic E-state index is 12.8. The van der Waals surface area contributed by atoms with E-state index in [2.05, 4.69) is 61.2 Å². The number of aliphatic hydroxyl groups excluding tert-OH is 3. The van der Waals surface area contributed by atoms with Crippen LogP contribution >= 0.6 is 0 Å². The third-order valence-electron chi connectivity index (χ3n) is 13.5. The van der Waals surface area contributed by atoms with E-state index in [4.69, 9.17) is 24.4 Å². The monoisotopic (exact) mass is 1040 g/mol. The third kappa shape index (κ3) is 13.7. The Morgan fingerprint density at radius 2 is 1.61 bits per heavy atom. The standard InChI is InChI=1S/C36H40N10O5.C19H24N2O4/c1-51-36(50)42-27-17-28(31(48)30(27)47)46-21-39-29-32(38-19-26(22-9-4-2-5-10-22)23-11-6-3-7-12-23)43-34(44-33(29)46)45-16-14-25(20-45)41-35(49)40-24-13-8-15-37-18-24;1-13(9-14-3-6-16(25-2)7-4-14)20-11-19(24)15-5-8-18(23)17(10-15)21-12-22/h2-13,15,18,21,25-28,30-31,47-48H,14,16-17,19-20H2,1H3,(H,42,50)(H,38,43,44)(H2,40,41,49);3-8,10,12-13,19-20,23-24H,9,11H2,1-2H3,(H,21,22)/t25-,27+,28-,30-,31+;13-,19+/m11/s1. The van der Waals surface area contributed by atoms with Crippen LogP contribution in [0.3, 0.4) is 0 Å². The van der Waals surface area contributed by atoms with Crippen LogP contribution in [0.2, 0.25) is 0 Å². The second-order valence-corrected chi connectivity index (χ2v) is 18.7. The number of carbonyl (C=O) groups is 3. The SMILES string of the molecule is COC(=O)N[C@H]1C[C@@H](n2cnc3c(NCC(c4ccccc4)c4ccccc4)nc(N4CC[C@@H](NC(=O)Nc5cccnc5)C4)nc32)[C@H](O)[C@@H]1O.COc1ccc(C[C@@H](C)NC[C@H](O)c2ccc(O)c(NC=O)c2)cc1. The molecule has 21 nitrogen and oxygen atoms in total. The minimum atomic E-state index is -1.23. The Kier molecular flexibility index (Phi) is 18.2. The van der Waals surface area contributed by atoms with Crippen molar-refractivity contribution < 1.29 is 44.3 Å². The average molecular weight is 1040 g/mol. The number of benzene rings is 4. The van der Waals surface area contributed by atoms with Gasteiger partial charge in [-0.1, -0.05) is 78.9 Å². The van der Waals surface area contributed by atoms with Gasteiger partial charge >= 0.3 is 12.1 Å². The predicted octanol–water partition coefficient (Wildman–Crippen LogP) is 5.48. The van der Waals surface area contributed by atoms with Crippen LogP contribution < -0.4 is 41.5 Å². The molecule has 1 aliphatic carbocycles. The first-order valence-corrected chi connectivity index (χ1v) is 25.0. The van der Waals surface area contributed by atoms with Gasteiger partial charge in [-0.15, -0.1) is 0 Å². The molecule has 4 amide bonds. The summed E-state index contributed by atoms with van der Waals surface area (Å²) in [6.07, 6.45) is 3.12. The average Bonchev–Trinajstić information content (AvgIpc) is 4.17. The number of rotatable bonds is 19. The summed E-state index contributed by atoms with van der Waals surface area (Å²) in [7, 11) is 2.88. The quantitative estimate of drug-likeness (QED) is 0.0355. The summed E-state index contributed by atoms with van der Waals surface area (Å²) in [4.78, 5) is 55.9. The number of hydrogen-bond donors (Lipinski definition) is 10. The largest absolute Gasteiger partial charge is 0.506 e. The van der Waals surface area contributed by atoms with E-state index in [1.807, 2.05) is 72.5 Å². The van der Waals surface area contributed by atoms with Crippen molar-refractivity contribution in [3.63, 3.8) is 0 Å². The Morgan fingerprint density at radius 3 is 2.28 bits per heavy atom. The number of pyridine rings is 1. The van der Waals surface area contributed by atoms with Gasteiger partial charge in [-0.3, -0.25) is 9.78 Å². The van der Waals surface area contributed by atoms with E-state index in [1.165, 1.54) is 18.7 Å². The molecule has 7 atom stereocenters. The Morgan fingerprint density at radius 1 is 0.868 bits per heavy atom. The lowest BCUT2D eigenvalue weighted by molar-refractivity contribution is -0.105. The molecule has 10 N–H and O–H groups in total. The molecule has 9 rings (SSSR count). The highest BCUT2D eigenvalue weighted by atomic mass is 16.5. The number of phenols is 1. The highest BCUT2D eigenvalue weighted by molar-refractivity contribution is 5.89. The van der Waals surface area contributed by atoms with Gasteiger partial charge in [-0.25, -0.2) is 14.6 Å². The van der Waals surface area contributed by atoms with Crippen LogP contribution in [-0.2, 0) is 16.0 Å². The Bertz CT molecular complexity index is 2950. The number of ether oxygens (including phenoxy) is 2. The maximum absolute atomic E-state index is 12.8. The summed E-state index contributed by atoms with van der Waals surface area (Å²) in [5.41, 5.74) is 5.89. The van der Waals surface area contributed by atoms with Crippen LogP contribution in [0, 0.1) is 0 Å². The number of amides is 4. The number of carbonyl (C=O) groups excluding carboxylic acids is 3. The van der Waals surface area contributed by atoms with Gasteiger partial charge in [-0.2, -0.15) is 9.97 Å². The minimum absolute atomic E-state index is 0.00130. The molecule has 1 saturated heterocycles. The molecule has 0 bridgehead atoms. The number of nitrogens with zero attached hydrogens (tertiary/aromatic N) is 6. The number of hydrogen-bond acceptors (Lipinski definition) is 16. The lowest BCUT2D eigenvalue weighted by Crippen LogP contribution is -2.43. The second kappa shape index (κ2) is 25.7. The molecule has 4 heterocycles. The number of fused-ring (bicyclic) bond motifs is 1. The number of urea groups is 1. The molecule has 76 heavy (non-hydrogen) atoms. The van der Waals surface area contributed by atoms with E-state index in [1.54, 1.807) is 54.7 Å². The highest BCUT2D eigenvalue weighted by Crippen LogP contribution is 2.36. The fraction of sp³-hybridized carbons (Fsp3) is 0.327. The normalized spacial score (nSPS) is 18.7. The summed E-state index contributed by atoms with van der Waals surface area (Å²) >= 11 is 0. The van der Waals surface area contributed by atoms with Crippen LogP contribution in [0.5, 0.6) is 11.5 Å². The van der Waals surface area contributed by atoms with Gasteiger partial charge < -0.3 is 71.3 Å². The smallest absolute Gasteiger partial charge is 0.407 e. The van der Waals surface area contributed by atoms with E-state index in [0.29, 0.717) is 73.2 Å². The van der Waals surface area contributed by atoms with Crippen LogP contribution in [-0.4, -0.2) is 134 Å². The molecule has 3 aromatic heterocycles. The number of alkyl carbamates (subject to hydrolysis) is 1. The van der Waals surface area contributed by atoms with Gasteiger partial charge in [0.2, 0.25) is 12.4 Å². The number of anilines is 4. The lowest BCUT2D eigenvalue weighted by Gasteiger charge is -2.22. The van der Waals surface area contributed by atoms with E-state index in [0.717, 1.165) is 23.3 Å². The minimum Gasteiger partial charge on any atom is -0.506 e. The summed E-state index contributed by atoms with van der Waals surface area (Å²) in [5, 5.41) is 59.6. The van der Waals surface area contributed by atoms with Gasteiger partial charge in [0.15, 0.2) is 17.0 Å². The lowest BCUT2D eigenvalue weighted by atomic mass is 9.91. The van der Waals surface area contributed by atoms with Crippen molar-refractivity contribution >= 4 is 52.8 Å². The Labute approximate surface area is 439 Å². The van der Waals surface area contributed by atoms with Gasteiger partial charge in [0.25, 0.3) is 0 Å². The van der Waals surface area contributed by atoms with Crippen molar-refractivity contribution in [3.8, 4) is 11.5 Å². The zero-order chi connectivity index (χ0) is 53.6. The molecule has 2 fully saturated rings. The van der Waals surface area contributed by atoms with Gasteiger partial charge in [0.05, 0.1) is 56.3 Å². The van der Waals surface area contributed by atoms with Crippen molar-refractivity contribution in [2.75, 3.05) is 61.2 Å². The predicted molar refractivity (Wildman–Crippen MR) is 287 cm³/mol. The maximum Gasteiger partial charge on any atom is 0.407 e. The number of aromatic hydroxyl groups is 1. The second-order valence-electron chi connectivity index (χ2n) is 18.7. The number of imidazole rings is 1. The van der Waals surface area contributed by atoms with E-state index < -0.39 is 36.5 Å². The van der Waals surface area contributed by atoms with Gasteiger partial charge in [0, 0.05) is 50.4 Å². The molecule has 7 aromatic rings. The molecular weight excluding hydrogens is 973 g/mol. The first-order valence-electron chi connectivity index (χ1n) is 25.0. The number of aromatic nitrogens is 5. The van der Waals surface area contributed by atoms with Crippen molar-refractivity contribution in [3.05, 3.63) is 156 Å². The fourth-order valence-electron chi connectivity index (χ4n) is 9.45. The molecule has 2 aliphatic rings. The molecule has 0 unspecified atom stereocenters. The molecule has 1 saturated carbocycles. The summed E-state index contributed by atoms with van der Waals surface area (Å²) in [6.45, 7) is 3.96. The van der Waals surface area contributed by atoms with Crippen LogP contribution in [0.15, 0.2) is 134 Å². The Balaban J connectivity index is 0.000000257. The number of methoxy groups -OCH3 is 2. The van der Waals surface area contributed by atoms with Crippen molar-refractivity contribution in [1.82, 2.24) is 40.5 Å². The molecule has 0 spiro atoms. The summed E-state index contributed by atoms with van der Waals surface area (Å²) in [6, 6.07) is 34.8. The summed E-state index contributed by atoms with van der Waals surface area (Å²) in [5.74, 6) is 1.72. The number of nitrogens with one attached hydrogen (secondary N) is 6. The molecule has 21 heteroatoms. The number of aliphatic hydroxyl groups is 3. The first-order chi connectivity index (χ1) is 36.9. The molecule has 4 aromatic carbocycles. The van der Waals surface area contributed by atoms with Crippen molar-refractivity contribution in [2.45, 2.75) is 74.6 Å². The van der Waals surface area contributed by atoms with Gasteiger partial charge in [-0.05, 0) is 84.8 Å². The first kappa shape index (κ1) is 53.9. The van der Waals surface area contributed by atoms with Crippen molar-refractivity contribution in [2.24, 2.45) is 0 Å². The topological polar surface area (TPSA) is 282 Å². The zero-order valence-corrected chi connectivity index (χ0v) is 42.4. The van der Waals surface area contributed by atoms with Crippen LogP contribution in [0.1, 0.15) is 60.1 Å². The molecule has 398 valence electrons. The van der Waals surface area contributed by atoms with E-state index in [9.17, 15) is 34.8 Å². The van der Waals surface area contributed by atoms with Crippen LogP contribution in [0.25, 0.3) is 11.2 Å². The van der Waals surface area contributed by atoms with Crippen molar-refractivity contribution in [1.29, 1.82) is 0 Å². The molecular formula is C55H64N12O9. The molecule has 1 aliphatic heterocycles. The zero-order valence-electron chi connectivity index (χ0n) is 42.4. The Hall–Kier alpha value is -8.37. The van der Waals surface area contributed by atoms with Crippen LogP contribution in [0.4, 0.5) is 32.7 Å². The summed E-state index contributed by atoms with van der Waals surface area (Å²) < 4.78 is 11.6. The third-order valence-corrected chi connectivity index (χ3v) is 13.5. The number of phenolic OH excluding ortho intramolecular Hbond substituents is 1. The van der Waals surface area contributed by atoms with E-state index >= 15 is 0 Å². The highest BCUT2D eigenvalue weighted by Gasteiger charge is 2.44. The molecule has 0 radical (unpaired) electrons. The van der Waals surface area contributed by atoms with Gasteiger partial charge in [0.1, 0.15) is 23.7 Å². The van der Waals surface area contributed by atoms with E-state index in [-0.39, 0.29) is 41.9 Å².